The fraction of sp³-hybridized carbons (Fsp3) is 0. The summed E-state index contributed by atoms with van der Waals surface area (Å²) in [4.78, 5) is 24.1. The Morgan fingerprint density at radius 2 is 1.92 bits per heavy atom. The zero-order valence-electron chi connectivity index (χ0n) is 12.3. The molecule has 4 nitrogen and oxygen atoms in total. The average Bonchev–Trinajstić information content (AvgIpc) is 2.57. The molecular weight excluding hydrogens is 316 g/mol. The van der Waals surface area contributed by atoms with Gasteiger partial charge >= 0.3 is 0 Å². The van der Waals surface area contributed by atoms with Crippen LogP contribution in [0.1, 0.15) is 5.56 Å². The maximum atomic E-state index is 13.5. The largest absolute Gasteiger partial charge is 0.463 e. The summed E-state index contributed by atoms with van der Waals surface area (Å²) in [5.74, 6) is -2.29. The Labute approximate surface area is 135 Å². The van der Waals surface area contributed by atoms with Crippen molar-refractivity contribution in [3.8, 4) is 0 Å². The van der Waals surface area contributed by atoms with Gasteiger partial charge in [0.05, 0.1) is 16.6 Å². The lowest BCUT2D eigenvalue weighted by Crippen LogP contribution is -2.10. The third kappa shape index (κ3) is 3.22. The van der Waals surface area contributed by atoms with Gasteiger partial charge in [0.15, 0.2) is 5.43 Å². The first-order valence-corrected chi connectivity index (χ1v) is 6.99. The van der Waals surface area contributed by atoms with E-state index in [1.165, 1.54) is 12.3 Å². The molecule has 1 amide bonds. The van der Waals surface area contributed by atoms with Gasteiger partial charge in [0.1, 0.15) is 23.5 Å². The van der Waals surface area contributed by atoms with E-state index in [-0.39, 0.29) is 16.7 Å². The summed E-state index contributed by atoms with van der Waals surface area (Å²) >= 11 is 0. The summed E-state index contributed by atoms with van der Waals surface area (Å²) in [7, 11) is 0. The molecule has 0 spiro atoms. The fourth-order valence-corrected chi connectivity index (χ4v) is 2.14. The molecule has 1 N–H and O–H groups in total. The summed E-state index contributed by atoms with van der Waals surface area (Å²) in [6, 6.07) is 9.53. The van der Waals surface area contributed by atoms with Crippen LogP contribution in [-0.4, -0.2) is 5.91 Å². The van der Waals surface area contributed by atoms with Crippen LogP contribution in [0.3, 0.4) is 0 Å². The minimum absolute atomic E-state index is 0.156. The highest BCUT2D eigenvalue weighted by atomic mass is 19.1. The second kappa shape index (κ2) is 6.45. The first kappa shape index (κ1) is 15.6. The van der Waals surface area contributed by atoms with Crippen LogP contribution in [-0.2, 0) is 4.79 Å². The minimum Gasteiger partial charge on any atom is -0.463 e. The molecule has 0 aliphatic carbocycles. The van der Waals surface area contributed by atoms with Gasteiger partial charge in [-0.1, -0.05) is 12.1 Å². The van der Waals surface area contributed by atoms with Crippen molar-refractivity contribution in [1.29, 1.82) is 0 Å². The van der Waals surface area contributed by atoms with E-state index >= 15 is 0 Å². The summed E-state index contributed by atoms with van der Waals surface area (Å²) < 4.78 is 31.6. The third-order valence-electron chi connectivity index (χ3n) is 3.31. The first-order chi connectivity index (χ1) is 11.5. The number of amides is 1. The molecule has 0 aliphatic heterocycles. The molecule has 3 rings (SSSR count). The van der Waals surface area contributed by atoms with Gasteiger partial charge in [0.25, 0.3) is 0 Å². The van der Waals surface area contributed by atoms with Crippen LogP contribution in [0.5, 0.6) is 0 Å². The van der Waals surface area contributed by atoms with Crippen LogP contribution < -0.4 is 10.7 Å². The molecule has 2 aromatic carbocycles. The number of halogens is 2. The van der Waals surface area contributed by atoms with Crippen LogP contribution in [0.15, 0.2) is 64.0 Å². The van der Waals surface area contributed by atoms with Gasteiger partial charge in [-0.25, -0.2) is 8.78 Å². The number of benzene rings is 2. The predicted molar refractivity (Wildman–Crippen MR) is 86.5 cm³/mol. The summed E-state index contributed by atoms with van der Waals surface area (Å²) in [5, 5.41) is 2.66. The number of carbonyl (C=O) groups is 1. The molecule has 1 aromatic heterocycles. The second-order valence-corrected chi connectivity index (χ2v) is 4.96. The standard InChI is InChI=1S/C18H11F2NO3/c19-12-6-7-15(14(20)9-12)21-17(22)8-5-11-10-24-16-4-2-1-3-13(16)18(11)23/h1-10H,(H,21,22)/b8-5+. The number of hydrogen-bond donors (Lipinski definition) is 1. The Morgan fingerprint density at radius 3 is 2.71 bits per heavy atom. The molecule has 24 heavy (non-hydrogen) atoms. The number of para-hydroxylation sites is 1. The van der Waals surface area contributed by atoms with Crippen molar-refractivity contribution in [3.63, 3.8) is 0 Å². The Morgan fingerprint density at radius 1 is 1.12 bits per heavy atom. The number of nitrogens with one attached hydrogen (secondary N) is 1. The highest BCUT2D eigenvalue weighted by Gasteiger charge is 2.07. The number of anilines is 1. The molecule has 120 valence electrons. The number of fused-ring (bicyclic) bond motifs is 1. The van der Waals surface area contributed by atoms with Gasteiger partial charge in [0, 0.05) is 12.1 Å². The van der Waals surface area contributed by atoms with E-state index in [0.29, 0.717) is 17.0 Å². The van der Waals surface area contributed by atoms with Crippen LogP contribution in [0.25, 0.3) is 17.0 Å². The molecule has 0 unspecified atom stereocenters. The smallest absolute Gasteiger partial charge is 0.248 e. The van der Waals surface area contributed by atoms with Crippen molar-refractivity contribution < 1.29 is 18.0 Å². The van der Waals surface area contributed by atoms with Crippen molar-refractivity contribution in [2.45, 2.75) is 0 Å². The van der Waals surface area contributed by atoms with E-state index in [0.717, 1.165) is 18.2 Å². The molecule has 0 saturated carbocycles. The molecule has 0 bridgehead atoms. The topological polar surface area (TPSA) is 59.3 Å². The van der Waals surface area contributed by atoms with Gasteiger partial charge in [0.2, 0.25) is 5.91 Å². The molecule has 6 heteroatoms. The molecule has 0 saturated heterocycles. The summed E-state index contributed by atoms with van der Waals surface area (Å²) in [6.45, 7) is 0. The third-order valence-corrected chi connectivity index (χ3v) is 3.31. The van der Waals surface area contributed by atoms with E-state index in [2.05, 4.69) is 5.32 Å². The predicted octanol–water partition coefficient (Wildman–Crippen LogP) is 3.72. The lowest BCUT2D eigenvalue weighted by atomic mass is 10.1. The van der Waals surface area contributed by atoms with E-state index in [4.69, 9.17) is 4.42 Å². The Kier molecular flexibility index (Phi) is 4.20. The lowest BCUT2D eigenvalue weighted by Gasteiger charge is -2.03. The quantitative estimate of drug-likeness (QED) is 0.746. The van der Waals surface area contributed by atoms with Gasteiger partial charge in [-0.2, -0.15) is 0 Å². The first-order valence-electron chi connectivity index (χ1n) is 6.99. The van der Waals surface area contributed by atoms with Gasteiger partial charge < -0.3 is 9.73 Å². The zero-order valence-corrected chi connectivity index (χ0v) is 12.3. The van der Waals surface area contributed by atoms with Crippen molar-refractivity contribution in [1.82, 2.24) is 0 Å². The van der Waals surface area contributed by atoms with Crippen molar-refractivity contribution in [2.75, 3.05) is 5.32 Å². The van der Waals surface area contributed by atoms with Crippen LogP contribution >= 0.6 is 0 Å². The molecule has 0 radical (unpaired) electrons. The van der Waals surface area contributed by atoms with E-state index in [9.17, 15) is 18.4 Å². The highest BCUT2D eigenvalue weighted by molar-refractivity contribution is 6.02. The SMILES string of the molecule is O=C(/C=C/c1coc2ccccc2c1=O)Nc1ccc(F)cc1F. The molecule has 1 heterocycles. The normalized spacial score (nSPS) is 11.1. The molecule has 0 atom stereocenters. The second-order valence-electron chi connectivity index (χ2n) is 4.96. The molecular formula is C18H11F2NO3. The summed E-state index contributed by atoms with van der Waals surface area (Å²) in [5.41, 5.74) is 0.186. The van der Waals surface area contributed by atoms with Gasteiger partial charge in [-0.15, -0.1) is 0 Å². The van der Waals surface area contributed by atoms with E-state index in [1.54, 1.807) is 24.3 Å². The molecule has 3 aromatic rings. The van der Waals surface area contributed by atoms with Crippen molar-refractivity contribution in [2.24, 2.45) is 0 Å². The molecule has 0 fully saturated rings. The van der Waals surface area contributed by atoms with Gasteiger partial charge in [-0.3, -0.25) is 9.59 Å². The van der Waals surface area contributed by atoms with Crippen molar-refractivity contribution >= 4 is 28.6 Å². The van der Waals surface area contributed by atoms with E-state index < -0.39 is 17.5 Å². The monoisotopic (exact) mass is 327 g/mol. The zero-order chi connectivity index (χ0) is 17.1. The van der Waals surface area contributed by atoms with Crippen LogP contribution in [0.4, 0.5) is 14.5 Å². The summed E-state index contributed by atoms with van der Waals surface area (Å²) in [6.07, 6.45) is 3.59. The maximum Gasteiger partial charge on any atom is 0.248 e. The Bertz CT molecular complexity index is 1010. The molecule has 0 aliphatic rings. The minimum atomic E-state index is -0.887. The van der Waals surface area contributed by atoms with Gasteiger partial charge in [-0.05, 0) is 30.3 Å². The lowest BCUT2D eigenvalue weighted by molar-refractivity contribution is -0.111. The number of carbonyl (C=O) groups excluding carboxylic acids is 1. The number of rotatable bonds is 3. The average molecular weight is 327 g/mol. The van der Waals surface area contributed by atoms with Crippen molar-refractivity contribution in [3.05, 3.63) is 82.2 Å². The van der Waals surface area contributed by atoms with Crippen LogP contribution in [0, 0.1) is 11.6 Å². The van der Waals surface area contributed by atoms with E-state index in [1.807, 2.05) is 0 Å². The Balaban J connectivity index is 1.81. The number of hydrogen-bond acceptors (Lipinski definition) is 3. The highest BCUT2D eigenvalue weighted by Crippen LogP contribution is 2.15. The Hall–Kier alpha value is -3.28. The maximum absolute atomic E-state index is 13.5. The fourth-order valence-electron chi connectivity index (χ4n) is 2.14. The van der Waals surface area contributed by atoms with Crippen LogP contribution in [0.2, 0.25) is 0 Å².